The third-order valence-electron chi connectivity index (χ3n) is 6.26. The Hall–Kier alpha value is -3.07. The molecule has 2 N–H and O–H groups in total. The lowest BCUT2D eigenvalue weighted by Gasteiger charge is -2.29. The van der Waals surface area contributed by atoms with Crippen LogP contribution in [0, 0.1) is 0 Å². The summed E-state index contributed by atoms with van der Waals surface area (Å²) in [6.07, 6.45) is 0. The minimum Gasteiger partial charge on any atom is -0.382 e. The summed E-state index contributed by atoms with van der Waals surface area (Å²) in [4.78, 5) is 11.6. The summed E-state index contributed by atoms with van der Waals surface area (Å²) >= 11 is 12.5. The number of nitrogens with two attached hydrogens (primary N) is 1. The topological polar surface area (TPSA) is 97.3 Å². The maximum Gasteiger partial charge on any atom is 0.311 e. The van der Waals surface area contributed by atoms with Gasteiger partial charge in [-0.3, -0.25) is 9.89 Å². The van der Waals surface area contributed by atoms with Gasteiger partial charge in [-0.25, -0.2) is 4.99 Å². The van der Waals surface area contributed by atoms with Crippen molar-refractivity contribution in [2.24, 2.45) is 15.7 Å². The zero-order chi connectivity index (χ0) is 25.7. The van der Waals surface area contributed by atoms with Gasteiger partial charge >= 0.3 is 10.1 Å². The van der Waals surface area contributed by atoms with E-state index in [-0.39, 0.29) is 5.75 Å². The molecule has 5 rings (SSSR count). The van der Waals surface area contributed by atoms with Crippen molar-refractivity contribution in [2.45, 2.75) is 24.6 Å². The molecule has 0 saturated heterocycles. The molecule has 1 atom stereocenters. The highest BCUT2D eigenvalue weighted by Crippen LogP contribution is 2.43. The second-order valence-electron chi connectivity index (χ2n) is 8.93. The second-order valence-corrected chi connectivity index (χ2v) is 11.9. The molecule has 0 bridgehead atoms. The van der Waals surface area contributed by atoms with Crippen LogP contribution in [0.3, 0.4) is 0 Å². The first-order chi connectivity index (χ1) is 17.1. The second kappa shape index (κ2) is 9.10. The van der Waals surface area contributed by atoms with Gasteiger partial charge in [0.15, 0.2) is 11.5 Å². The van der Waals surface area contributed by atoms with Crippen molar-refractivity contribution in [1.82, 2.24) is 4.90 Å². The Morgan fingerprint density at radius 1 is 0.972 bits per heavy atom. The number of hydrogen-bond donors (Lipinski definition) is 1. The molecule has 0 saturated carbocycles. The zero-order valence-electron chi connectivity index (χ0n) is 19.7. The van der Waals surface area contributed by atoms with E-state index in [0.717, 1.165) is 28.1 Å². The van der Waals surface area contributed by atoms with E-state index in [0.29, 0.717) is 29.1 Å². The fourth-order valence-corrected chi connectivity index (χ4v) is 5.54. The Kier molecular flexibility index (Phi) is 6.22. The molecule has 2 heterocycles. The van der Waals surface area contributed by atoms with Gasteiger partial charge in [0.05, 0.1) is 11.8 Å². The van der Waals surface area contributed by atoms with Crippen LogP contribution in [-0.4, -0.2) is 43.5 Å². The molecule has 0 spiro atoms. The zero-order valence-corrected chi connectivity index (χ0v) is 22.0. The average Bonchev–Trinajstić information content (AvgIpc) is 3.42. The summed E-state index contributed by atoms with van der Waals surface area (Å²) < 4.78 is 29.7. The number of guanidine groups is 1. The van der Waals surface area contributed by atoms with Crippen molar-refractivity contribution < 1.29 is 12.6 Å². The fourth-order valence-electron chi connectivity index (χ4n) is 4.44. The molecule has 0 aliphatic carbocycles. The quantitative estimate of drug-likeness (QED) is 0.439. The van der Waals surface area contributed by atoms with Gasteiger partial charge in [0.25, 0.3) is 0 Å². The molecule has 2 aliphatic heterocycles. The van der Waals surface area contributed by atoms with Crippen LogP contribution in [0.2, 0.25) is 10.0 Å². The Morgan fingerprint density at radius 3 is 2.33 bits per heavy atom. The van der Waals surface area contributed by atoms with Gasteiger partial charge in [0.2, 0.25) is 0 Å². The minimum absolute atomic E-state index is 0.227. The lowest BCUT2D eigenvalue weighted by molar-refractivity contribution is 0.477. The van der Waals surface area contributed by atoms with Crippen LogP contribution in [0.1, 0.15) is 25.0 Å². The number of nitrogens with zero attached hydrogens (tertiary/aromatic N) is 3. The molecule has 0 fully saturated rings. The number of fused-ring (bicyclic) bond motifs is 1. The molecule has 3 aromatic carbocycles. The van der Waals surface area contributed by atoms with Gasteiger partial charge in [-0.2, -0.15) is 8.42 Å². The Morgan fingerprint density at radius 2 is 1.67 bits per heavy atom. The third kappa shape index (κ3) is 4.23. The summed E-state index contributed by atoms with van der Waals surface area (Å²) in [7, 11) is -3.72. The number of halogens is 2. The number of amidine groups is 1. The first kappa shape index (κ1) is 24.6. The lowest BCUT2D eigenvalue weighted by atomic mass is 9.81. The van der Waals surface area contributed by atoms with Crippen LogP contribution in [0.15, 0.2) is 76.7 Å². The van der Waals surface area contributed by atoms with Crippen LogP contribution >= 0.6 is 23.2 Å². The SMILES string of the molecule is CC(C)S(=O)(=O)Oc1ccc(C2(c3cccc(-c4cc(Cl)cc(Cl)c4)c3)N=C(N)N3CCN=C32)cc1. The first-order valence-corrected chi connectivity index (χ1v) is 13.6. The van der Waals surface area contributed by atoms with Crippen molar-refractivity contribution in [2.75, 3.05) is 13.1 Å². The van der Waals surface area contributed by atoms with Gasteiger partial charge in [-0.1, -0.05) is 53.5 Å². The monoisotopic (exact) mass is 542 g/mol. The maximum absolute atomic E-state index is 12.2. The van der Waals surface area contributed by atoms with E-state index >= 15 is 0 Å². The fraction of sp³-hybridized carbons (Fsp3) is 0.231. The molecule has 2 aliphatic rings. The third-order valence-corrected chi connectivity index (χ3v) is 8.28. The molecule has 0 amide bonds. The molecule has 0 aromatic heterocycles. The van der Waals surface area contributed by atoms with E-state index in [4.69, 9.17) is 43.1 Å². The Bertz CT molecular complexity index is 1480. The van der Waals surface area contributed by atoms with E-state index in [1.165, 1.54) is 0 Å². The minimum atomic E-state index is -3.72. The predicted octanol–water partition coefficient (Wildman–Crippen LogP) is 5.06. The van der Waals surface area contributed by atoms with E-state index in [1.807, 2.05) is 41.3 Å². The van der Waals surface area contributed by atoms with Gasteiger partial charge in [-0.05, 0) is 72.5 Å². The Labute approximate surface area is 220 Å². The average molecular weight is 543 g/mol. The van der Waals surface area contributed by atoms with E-state index < -0.39 is 20.9 Å². The number of hydrogen-bond acceptors (Lipinski definition) is 7. The highest BCUT2D eigenvalue weighted by Gasteiger charge is 2.50. The molecule has 36 heavy (non-hydrogen) atoms. The first-order valence-electron chi connectivity index (χ1n) is 11.4. The molecule has 1 unspecified atom stereocenters. The Balaban J connectivity index is 1.64. The maximum atomic E-state index is 12.2. The summed E-state index contributed by atoms with van der Waals surface area (Å²) in [5.74, 6) is 1.33. The van der Waals surface area contributed by atoms with Crippen molar-refractivity contribution in [3.05, 3.63) is 87.9 Å². The summed E-state index contributed by atoms with van der Waals surface area (Å²) in [5.41, 5.74) is 8.77. The van der Waals surface area contributed by atoms with Crippen LogP contribution in [0.5, 0.6) is 5.75 Å². The van der Waals surface area contributed by atoms with Crippen molar-refractivity contribution >= 4 is 45.1 Å². The molecule has 10 heteroatoms. The van der Waals surface area contributed by atoms with Gasteiger partial charge in [0, 0.05) is 16.6 Å². The standard InChI is InChI=1S/C26H24Cl2N4O3S/c1-16(2)36(33,34)35-23-8-6-19(7-9-23)26(24-30-10-11-32(24)25(29)31-26)20-5-3-4-17(12-20)18-13-21(27)15-22(28)14-18/h3-9,12-16H,10-11H2,1-2H3,(H2,29,31). The molecule has 0 radical (unpaired) electrons. The summed E-state index contributed by atoms with van der Waals surface area (Å²) in [6.45, 7) is 4.39. The van der Waals surface area contributed by atoms with Crippen LogP contribution in [-0.2, 0) is 15.7 Å². The summed E-state index contributed by atoms with van der Waals surface area (Å²) in [5, 5.41) is 0.421. The molecular formula is C26H24Cl2N4O3S. The highest BCUT2D eigenvalue weighted by atomic mass is 35.5. The van der Waals surface area contributed by atoms with Crippen molar-refractivity contribution in [3.8, 4) is 16.9 Å². The molecular weight excluding hydrogens is 519 g/mol. The van der Waals surface area contributed by atoms with Crippen molar-refractivity contribution in [3.63, 3.8) is 0 Å². The van der Waals surface area contributed by atoms with Crippen LogP contribution in [0.4, 0.5) is 0 Å². The van der Waals surface area contributed by atoms with E-state index in [1.54, 1.807) is 44.2 Å². The molecule has 3 aromatic rings. The normalized spacial score (nSPS) is 19.3. The smallest absolute Gasteiger partial charge is 0.311 e. The number of rotatable bonds is 6. The van der Waals surface area contributed by atoms with E-state index in [9.17, 15) is 8.42 Å². The predicted molar refractivity (Wildman–Crippen MR) is 144 cm³/mol. The van der Waals surface area contributed by atoms with Gasteiger partial charge in [-0.15, -0.1) is 0 Å². The number of aliphatic imine (C=N–C) groups is 2. The van der Waals surface area contributed by atoms with Crippen LogP contribution < -0.4 is 9.92 Å². The molecule has 186 valence electrons. The molecule has 7 nitrogen and oxygen atoms in total. The lowest BCUT2D eigenvalue weighted by Crippen LogP contribution is -2.41. The van der Waals surface area contributed by atoms with Gasteiger partial charge < -0.3 is 9.92 Å². The largest absolute Gasteiger partial charge is 0.382 e. The highest BCUT2D eigenvalue weighted by molar-refractivity contribution is 7.87. The van der Waals surface area contributed by atoms with Crippen molar-refractivity contribution in [1.29, 1.82) is 0 Å². The van der Waals surface area contributed by atoms with E-state index in [2.05, 4.69) is 0 Å². The number of benzene rings is 3. The van der Waals surface area contributed by atoms with Crippen LogP contribution in [0.25, 0.3) is 11.1 Å². The van der Waals surface area contributed by atoms with Gasteiger partial charge in [0.1, 0.15) is 11.6 Å². The summed E-state index contributed by atoms with van der Waals surface area (Å²) in [6, 6.07) is 20.2.